The van der Waals surface area contributed by atoms with Crippen LogP contribution < -0.4 is 4.74 Å². The van der Waals surface area contributed by atoms with Gasteiger partial charge in [-0.05, 0) is 18.9 Å². The van der Waals surface area contributed by atoms with E-state index in [0.29, 0.717) is 17.7 Å². The fraction of sp³-hybridized carbons (Fsp3) is 0.462. The number of rotatable bonds is 6. The highest BCUT2D eigenvalue weighted by Gasteiger charge is 2.20. The van der Waals surface area contributed by atoms with E-state index in [1.807, 2.05) is 26.0 Å². The molecule has 0 saturated carbocycles. The van der Waals surface area contributed by atoms with Crippen LogP contribution in [0.3, 0.4) is 0 Å². The molecule has 4 heteroatoms. The molecule has 0 amide bonds. The third-order valence-corrected chi connectivity index (χ3v) is 2.55. The summed E-state index contributed by atoms with van der Waals surface area (Å²) in [5.74, 6) is -0.491. The second kappa shape index (κ2) is 6.25. The van der Waals surface area contributed by atoms with E-state index in [2.05, 4.69) is 0 Å². The van der Waals surface area contributed by atoms with Crippen molar-refractivity contribution < 1.29 is 19.7 Å². The van der Waals surface area contributed by atoms with E-state index in [4.69, 9.17) is 9.84 Å². The quantitative estimate of drug-likeness (QED) is 0.796. The van der Waals surface area contributed by atoms with E-state index in [9.17, 15) is 9.90 Å². The van der Waals surface area contributed by atoms with Gasteiger partial charge in [-0.1, -0.05) is 31.5 Å². The Morgan fingerprint density at radius 1 is 1.47 bits per heavy atom. The molecule has 0 aliphatic rings. The first kappa shape index (κ1) is 13.5. The average molecular weight is 238 g/mol. The largest absolute Gasteiger partial charge is 0.479 e. The van der Waals surface area contributed by atoms with E-state index < -0.39 is 12.1 Å². The van der Waals surface area contributed by atoms with Crippen LogP contribution in [0.1, 0.15) is 30.9 Å². The minimum absolute atomic E-state index is 0.157. The highest BCUT2D eigenvalue weighted by molar-refractivity contribution is 5.72. The predicted octanol–water partition coefficient (Wildman–Crippen LogP) is 2.12. The first-order valence-electron chi connectivity index (χ1n) is 5.69. The molecule has 0 heterocycles. The van der Waals surface area contributed by atoms with Crippen molar-refractivity contribution in [2.45, 2.75) is 39.4 Å². The third kappa shape index (κ3) is 3.46. The minimum Gasteiger partial charge on any atom is -0.479 e. The summed E-state index contributed by atoms with van der Waals surface area (Å²) in [7, 11) is 0. The van der Waals surface area contributed by atoms with Crippen molar-refractivity contribution in [2.24, 2.45) is 0 Å². The van der Waals surface area contributed by atoms with E-state index in [-0.39, 0.29) is 6.61 Å². The monoisotopic (exact) mass is 238 g/mol. The molecule has 0 aliphatic carbocycles. The molecule has 94 valence electrons. The Bertz CT molecular complexity index is 387. The molecule has 2 N–H and O–H groups in total. The van der Waals surface area contributed by atoms with Crippen LogP contribution >= 0.6 is 0 Å². The van der Waals surface area contributed by atoms with Gasteiger partial charge in [0.05, 0.1) is 6.61 Å². The third-order valence-electron chi connectivity index (χ3n) is 2.55. The zero-order valence-electron chi connectivity index (χ0n) is 10.1. The van der Waals surface area contributed by atoms with E-state index >= 15 is 0 Å². The van der Waals surface area contributed by atoms with E-state index in [1.54, 1.807) is 6.07 Å². The van der Waals surface area contributed by atoms with Crippen molar-refractivity contribution in [1.82, 2.24) is 0 Å². The molecule has 0 saturated heterocycles. The molecular weight excluding hydrogens is 220 g/mol. The van der Waals surface area contributed by atoms with Gasteiger partial charge in [0, 0.05) is 5.56 Å². The zero-order valence-corrected chi connectivity index (χ0v) is 10.1. The van der Waals surface area contributed by atoms with Crippen molar-refractivity contribution in [1.29, 1.82) is 0 Å². The van der Waals surface area contributed by atoms with Crippen LogP contribution in [0.2, 0.25) is 0 Å². The molecule has 1 aromatic carbocycles. The van der Waals surface area contributed by atoms with Gasteiger partial charge in [-0.2, -0.15) is 0 Å². The summed E-state index contributed by atoms with van der Waals surface area (Å²) in [6, 6.07) is 5.37. The highest BCUT2D eigenvalue weighted by Crippen LogP contribution is 2.25. The molecule has 0 aromatic heterocycles. The van der Waals surface area contributed by atoms with Crippen LogP contribution in [0.15, 0.2) is 18.2 Å². The fourth-order valence-electron chi connectivity index (χ4n) is 1.64. The maximum atomic E-state index is 11.0. The molecule has 1 unspecified atom stereocenters. The maximum Gasteiger partial charge on any atom is 0.344 e. The first-order chi connectivity index (χ1) is 8.10. The highest BCUT2D eigenvalue weighted by atomic mass is 16.5. The summed E-state index contributed by atoms with van der Waals surface area (Å²) in [6.07, 6.45) is 0.331. The van der Waals surface area contributed by atoms with Gasteiger partial charge in [0.25, 0.3) is 0 Å². The van der Waals surface area contributed by atoms with Gasteiger partial charge < -0.3 is 14.9 Å². The lowest BCUT2D eigenvalue weighted by Gasteiger charge is -2.18. The lowest BCUT2D eigenvalue weighted by Crippen LogP contribution is -2.27. The number of ether oxygens (including phenoxy) is 1. The van der Waals surface area contributed by atoms with Gasteiger partial charge in [0.2, 0.25) is 0 Å². The molecule has 0 aliphatic heterocycles. The molecule has 17 heavy (non-hydrogen) atoms. The number of benzene rings is 1. The Balaban J connectivity index is 2.95. The van der Waals surface area contributed by atoms with Crippen molar-refractivity contribution in [2.75, 3.05) is 0 Å². The summed E-state index contributed by atoms with van der Waals surface area (Å²) >= 11 is 0. The number of carboxylic acid groups (broad SMARTS) is 1. The number of aliphatic hydroxyl groups excluding tert-OH is 1. The topological polar surface area (TPSA) is 66.8 Å². The average Bonchev–Trinajstić information content (AvgIpc) is 2.30. The molecule has 0 radical (unpaired) electrons. The predicted molar refractivity (Wildman–Crippen MR) is 64.1 cm³/mol. The number of aliphatic hydroxyl groups is 1. The van der Waals surface area contributed by atoms with Crippen LogP contribution in [0, 0.1) is 6.92 Å². The van der Waals surface area contributed by atoms with Crippen LogP contribution in [0.25, 0.3) is 0 Å². The number of carboxylic acids is 1. The summed E-state index contributed by atoms with van der Waals surface area (Å²) in [6.45, 7) is 3.58. The molecule has 1 atom stereocenters. The van der Waals surface area contributed by atoms with Crippen LogP contribution in [-0.2, 0) is 11.4 Å². The number of aliphatic carboxylic acids is 1. The number of para-hydroxylation sites is 1. The van der Waals surface area contributed by atoms with Crippen LogP contribution in [0.4, 0.5) is 0 Å². The molecule has 0 bridgehead atoms. The Kier molecular flexibility index (Phi) is 4.97. The number of carbonyl (C=O) groups is 1. The summed E-state index contributed by atoms with van der Waals surface area (Å²) < 4.78 is 5.51. The molecule has 1 aromatic rings. The Hall–Kier alpha value is -1.55. The van der Waals surface area contributed by atoms with E-state index in [0.717, 1.165) is 12.0 Å². The van der Waals surface area contributed by atoms with Gasteiger partial charge in [-0.3, -0.25) is 0 Å². The maximum absolute atomic E-state index is 11.0. The fourth-order valence-corrected chi connectivity index (χ4v) is 1.64. The lowest BCUT2D eigenvalue weighted by atomic mass is 10.1. The van der Waals surface area contributed by atoms with Crippen molar-refractivity contribution in [3.63, 3.8) is 0 Å². The Labute approximate surface area is 101 Å². The van der Waals surface area contributed by atoms with Crippen LogP contribution in [0.5, 0.6) is 5.75 Å². The summed E-state index contributed by atoms with van der Waals surface area (Å²) in [5, 5.41) is 18.2. The second-order valence-electron chi connectivity index (χ2n) is 3.95. The second-order valence-corrected chi connectivity index (χ2v) is 3.95. The molecule has 0 spiro atoms. The van der Waals surface area contributed by atoms with Crippen molar-refractivity contribution in [3.8, 4) is 5.75 Å². The van der Waals surface area contributed by atoms with Gasteiger partial charge >= 0.3 is 5.97 Å². The lowest BCUT2D eigenvalue weighted by molar-refractivity contribution is -0.145. The molecule has 0 fully saturated rings. The van der Waals surface area contributed by atoms with Gasteiger partial charge in [-0.15, -0.1) is 0 Å². The SMILES string of the molecule is CCCC(Oc1c(C)cccc1CO)C(=O)O. The summed E-state index contributed by atoms with van der Waals surface area (Å²) in [4.78, 5) is 11.0. The molecular formula is C13H18O4. The van der Waals surface area contributed by atoms with Crippen molar-refractivity contribution in [3.05, 3.63) is 29.3 Å². The zero-order chi connectivity index (χ0) is 12.8. The first-order valence-corrected chi connectivity index (χ1v) is 5.69. The normalized spacial score (nSPS) is 12.2. The van der Waals surface area contributed by atoms with Crippen LogP contribution in [-0.4, -0.2) is 22.3 Å². The minimum atomic E-state index is -0.973. The standard InChI is InChI=1S/C13H18O4/c1-3-5-11(13(15)16)17-12-9(2)6-4-7-10(12)8-14/h4,6-7,11,14H,3,5,8H2,1-2H3,(H,15,16). The van der Waals surface area contributed by atoms with Gasteiger partial charge in [-0.25, -0.2) is 4.79 Å². The number of hydrogen-bond acceptors (Lipinski definition) is 3. The molecule has 1 rings (SSSR count). The van der Waals surface area contributed by atoms with E-state index in [1.165, 1.54) is 0 Å². The smallest absolute Gasteiger partial charge is 0.344 e. The Morgan fingerprint density at radius 2 is 2.18 bits per heavy atom. The number of aryl methyl sites for hydroxylation is 1. The number of hydrogen-bond donors (Lipinski definition) is 2. The van der Waals surface area contributed by atoms with Gasteiger partial charge in [0.15, 0.2) is 6.10 Å². The van der Waals surface area contributed by atoms with Gasteiger partial charge in [0.1, 0.15) is 5.75 Å². The molecule has 4 nitrogen and oxygen atoms in total. The van der Waals surface area contributed by atoms with Crippen molar-refractivity contribution >= 4 is 5.97 Å². The Morgan fingerprint density at radius 3 is 2.71 bits per heavy atom. The summed E-state index contributed by atoms with van der Waals surface area (Å²) in [5.41, 5.74) is 1.45.